The van der Waals surface area contributed by atoms with Crippen molar-refractivity contribution in [3.8, 4) is 0 Å². The number of hydrogen-bond acceptors (Lipinski definition) is 3. The summed E-state index contributed by atoms with van der Waals surface area (Å²) in [4.78, 5) is 15.3. The van der Waals surface area contributed by atoms with Gasteiger partial charge in [-0.1, -0.05) is 13.8 Å². The highest BCUT2D eigenvalue weighted by Crippen LogP contribution is 2.31. The van der Waals surface area contributed by atoms with Crippen LogP contribution in [-0.2, 0) is 6.42 Å². The number of nitrogens with two attached hydrogens (primary N) is 1. The molecule has 1 saturated heterocycles. The van der Waals surface area contributed by atoms with Crippen LogP contribution in [0.2, 0.25) is 0 Å². The van der Waals surface area contributed by atoms with Crippen molar-refractivity contribution < 1.29 is 4.79 Å². The van der Waals surface area contributed by atoms with Gasteiger partial charge in [0.05, 0.1) is 4.88 Å². The number of hydrogen-bond donors (Lipinski definition) is 1. The Morgan fingerprint density at radius 3 is 3.00 bits per heavy atom. The highest BCUT2D eigenvalue weighted by Gasteiger charge is 2.35. The number of carbonyl (C=O) groups is 1. The van der Waals surface area contributed by atoms with Crippen LogP contribution in [0.4, 0.5) is 0 Å². The maximum Gasteiger partial charge on any atom is 0.264 e. The third-order valence-corrected chi connectivity index (χ3v) is 4.60. The van der Waals surface area contributed by atoms with E-state index in [-0.39, 0.29) is 11.3 Å². The Hall–Kier alpha value is -0.870. The van der Waals surface area contributed by atoms with E-state index in [9.17, 15) is 4.79 Å². The zero-order valence-corrected chi connectivity index (χ0v) is 11.3. The van der Waals surface area contributed by atoms with E-state index in [1.165, 1.54) is 5.56 Å². The number of thiophene rings is 1. The second-order valence-corrected chi connectivity index (χ2v) is 6.04. The predicted molar refractivity (Wildman–Crippen MR) is 71.4 cm³/mol. The number of aryl methyl sites for hydroxylation is 1. The van der Waals surface area contributed by atoms with Gasteiger partial charge in [0.15, 0.2) is 0 Å². The SMILES string of the molecule is CCc1ccsc1C(=O)N1CCC(C)(CN)C1. The monoisotopic (exact) mass is 252 g/mol. The summed E-state index contributed by atoms with van der Waals surface area (Å²) in [5.74, 6) is 0.189. The number of carbonyl (C=O) groups excluding carboxylic acids is 1. The van der Waals surface area contributed by atoms with Crippen molar-refractivity contribution in [2.45, 2.75) is 26.7 Å². The van der Waals surface area contributed by atoms with Crippen molar-refractivity contribution in [3.05, 3.63) is 21.9 Å². The average Bonchev–Trinajstić information content (AvgIpc) is 2.95. The quantitative estimate of drug-likeness (QED) is 0.895. The smallest absolute Gasteiger partial charge is 0.264 e. The minimum absolute atomic E-state index is 0.110. The molecule has 4 heteroatoms. The molecule has 1 aromatic rings. The van der Waals surface area contributed by atoms with Gasteiger partial charge in [-0.2, -0.15) is 0 Å². The molecule has 0 radical (unpaired) electrons. The number of likely N-dealkylation sites (tertiary alicyclic amines) is 1. The van der Waals surface area contributed by atoms with E-state index in [1.807, 2.05) is 10.3 Å². The van der Waals surface area contributed by atoms with Crippen LogP contribution in [0.5, 0.6) is 0 Å². The molecule has 0 aromatic carbocycles. The van der Waals surface area contributed by atoms with E-state index < -0.39 is 0 Å². The van der Waals surface area contributed by atoms with E-state index in [0.29, 0.717) is 6.54 Å². The minimum Gasteiger partial charge on any atom is -0.337 e. The Morgan fingerprint density at radius 2 is 2.41 bits per heavy atom. The molecule has 1 unspecified atom stereocenters. The lowest BCUT2D eigenvalue weighted by atomic mass is 9.90. The van der Waals surface area contributed by atoms with Crippen LogP contribution in [0, 0.1) is 5.41 Å². The van der Waals surface area contributed by atoms with Crippen molar-refractivity contribution in [1.29, 1.82) is 0 Å². The second kappa shape index (κ2) is 4.78. The maximum absolute atomic E-state index is 12.4. The lowest BCUT2D eigenvalue weighted by Gasteiger charge is -2.22. The van der Waals surface area contributed by atoms with E-state index in [0.717, 1.165) is 30.8 Å². The van der Waals surface area contributed by atoms with Crippen LogP contribution in [0.1, 0.15) is 35.5 Å². The van der Waals surface area contributed by atoms with E-state index in [4.69, 9.17) is 5.73 Å². The first-order valence-electron chi connectivity index (χ1n) is 6.15. The summed E-state index contributed by atoms with van der Waals surface area (Å²) in [6.07, 6.45) is 1.94. The molecule has 1 amide bonds. The molecule has 2 N–H and O–H groups in total. The molecule has 94 valence electrons. The lowest BCUT2D eigenvalue weighted by molar-refractivity contribution is 0.0780. The molecule has 0 spiro atoms. The van der Waals surface area contributed by atoms with Gasteiger partial charge in [0, 0.05) is 13.1 Å². The lowest BCUT2D eigenvalue weighted by Crippen LogP contribution is -2.34. The predicted octanol–water partition coefficient (Wildman–Crippen LogP) is 2.12. The molecule has 1 fully saturated rings. The molecule has 2 rings (SSSR count). The first-order valence-corrected chi connectivity index (χ1v) is 7.03. The second-order valence-electron chi connectivity index (χ2n) is 5.12. The Kier molecular flexibility index (Phi) is 3.54. The van der Waals surface area contributed by atoms with E-state index >= 15 is 0 Å². The van der Waals surface area contributed by atoms with Crippen molar-refractivity contribution in [1.82, 2.24) is 4.90 Å². The molecular formula is C13H20N2OS. The average molecular weight is 252 g/mol. The van der Waals surface area contributed by atoms with Crippen molar-refractivity contribution in [3.63, 3.8) is 0 Å². The van der Waals surface area contributed by atoms with Crippen LogP contribution in [0.3, 0.4) is 0 Å². The first kappa shape index (κ1) is 12.6. The molecule has 1 aliphatic rings. The highest BCUT2D eigenvalue weighted by molar-refractivity contribution is 7.12. The first-order chi connectivity index (χ1) is 8.09. The summed E-state index contributed by atoms with van der Waals surface area (Å²) in [7, 11) is 0. The zero-order chi connectivity index (χ0) is 12.5. The summed E-state index contributed by atoms with van der Waals surface area (Å²) in [5.41, 5.74) is 7.05. The molecule has 0 saturated carbocycles. The summed E-state index contributed by atoms with van der Waals surface area (Å²) < 4.78 is 0. The van der Waals surface area contributed by atoms with Gasteiger partial charge in [0.1, 0.15) is 0 Å². The van der Waals surface area contributed by atoms with Crippen LogP contribution in [0.15, 0.2) is 11.4 Å². The third-order valence-electron chi connectivity index (χ3n) is 3.66. The van der Waals surface area contributed by atoms with Crippen molar-refractivity contribution in [2.75, 3.05) is 19.6 Å². The Labute approximate surface area is 107 Å². The van der Waals surface area contributed by atoms with Crippen LogP contribution in [-0.4, -0.2) is 30.4 Å². The molecule has 1 aromatic heterocycles. The maximum atomic E-state index is 12.4. The molecule has 17 heavy (non-hydrogen) atoms. The molecule has 1 atom stereocenters. The van der Waals surface area contributed by atoms with Gasteiger partial charge in [-0.05, 0) is 41.8 Å². The van der Waals surface area contributed by atoms with Gasteiger partial charge in [-0.25, -0.2) is 0 Å². The van der Waals surface area contributed by atoms with Crippen molar-refractivity contribution in [2.24, 2.45) is 11.1 Å². The summed E-state index contributed by atoms with van der Waals surface area (Å²) in [6, 6.07) is 2.05. The van der Waals surface area contributed by atoms with Gasteiger partial charge >= 0.3 is 0 Å². The third kappa shape index (κ3) is 2.38. The standard InChI is InChI=1S/C13H20N2OS/c1-3-10-4-7-17-11(10)12(16)15-6-5-13(2,8-14)9-15/h4,7H,3,5-6,8-9,14H2,1-2H3. The molecule has 2 heterocycles. The minimum atomic E-state index is 0.110. The fraction of sp³-hybridized carbons (Fsp3) is 0.615. The van der Waals surface area contributed by atoms with Crippen LogP contribution < -0.4 is 5.73 Å². The fourth-order valence-electron chi connectivity index (χ4n) is 2.31. The van der Waals surface area contributed by atoms with Gasteiger partial charge in [0.2, 0.25) is 0 Å². The summed E-state index contributed by atoms with van der Waals surface area (Å²) in [6.45, 7) is 6.54. The Morgan fingerprint density at radius 1 is 1.65 bits per heavy atom. The zero-order valence-electron chi connectivity index (χ0n) is 10.5. The number of nitrogens with zero attached hydrogens (tertiary/aromatic N) is 1. The summed E-state index contributed by atoms with van der Waals surface area (Å²) in [5, 5.41) is 2.00. The Balaban J connectivity index is 2.12. The van der Waals surface area contributed by atoms with Gasteiger partial charge in [-0.15, -0.1) is 11.3 Å². The van der Waals surface area contributed by atoms with Gasteiger partial charge in [0.25, 0.3) is 5.91 Å². The Bertz CT molecular complexity index is 415. The topological polar surface area (TPSA) is 46.3 Å². The molecular weight excluding hydrogens is 232 g/mol. The fourth-order valence-corrected chi connectivity index (χ4v) is 3.27. The van der Waals surface area contributed by atoms with E-state index in [2.05, 4.69) is 19.9 Å². The van der Waals surface area contributed by atoms with Gasteiger partial charge in [-0.3, -0.25) is 4.79 Å². The van der Waals surface area contributed by atoms with Crippen molar-refractivity contribution >= 4 is 17.2 Å². The molecule has 3 nitrogen and oxygen atoms in total. The molecule has 1 aliphatic heterocycles. The van der Waals surface area contributed by atoms with Crippen LogP contribution in [0.25, 0.3) is 0 Å². The van der Waals surface area contributed by atoms with Gasteiger partial charge < -0.3 is 10.6 Å². The number of amides is 1. The van der Waals surface area contributed by atoms with Crippen LogP contribution >= 0.6 is 11.3 Å². The number of rotatable bonds is 3. The molecule has 0 bridgehead atoms. The summed E-state index contributed by atoms with van der Waals surface area (Å²) >= 11 is 1.55. The van der Waals surface area contributed by atoms with E-state index in [1.54, 1.807) is 11.3 Å². The molecule has 0 aliphatic carbocycles. The largest absolute Gasteiger partial charge is 0.337 e. The normalized spacial score (nSPS) is 24.3. The highest BCUT2D eigenvalue weighted by atomic mass is 32.1.